The van der Waals surface area contributed by atoms with E-state index in [1.807, 2.05) is 6.07 Å². The Morgan fingerprint density at radius 2 is 1.88 bits per heavy atom. The Kier molecular flexibility index (Phi) is 5.04. The molecule has 1 N–H and O–H groups in total. The number of nitrogens with zero attached hydrogens (tertiary/aromatic N) is 1. The number of amides is 1. The normalized spacial score (nSPS) is 16.1. The maximum atomic E-state index is 12.2. The molecule has 132 valence electrons. The number of carbonyl (C=O) groups excluding carboxylic acids is 2. The summed E-state index contributed by atoms with van der Waals surface area (Å²) >= 11 is 0. The highest BCUT2D eigenvalue weighted by Gasteiger charge is 2.31. The molecule has 26 heavy (non-hydrogen) atoms. The molecule has 0 saturated heterocycles. The molecule has 2 atom stereocenters. The summed E-state index contributed by atoms with van der Waals surface area (Å²) in [5.74, 6) is -0.245. The van der Waals surface area contributed by atoms with Gasteiger partial charge in [0.25, 0.3) is 5.91 Å². The zero-order chi connectivity index (χ0) is 18.5. The number of anilines is 1. The average molecular weight is 352 g/mol. The third-order valence-electron chi connectivity index (χ3n) is 3.74. The van der Waals surface area contributed by atoms with E-state index < -0.39 is 24.1 Å². The van der Waals surface area contributed by atoms with Gasteiger partial charge in [-0.3, -0.25) is 4.79 Å². The van der Waals surface area contributed by atoms with Crippen LogP contribution in [0, 0.1) is 11.3 Å². The van der Waals surface area contributed by atoms with E-state index in [1.54, 1.807) is 48.5 Å². The maximum Gasteiger partial charge on any atom is 0.351 e. The fourth-order valence-corrected chi connectivity index (χ4v) is 2.36. The number of rotatable bonds is 4. The van der Waals surface area contributed by atoms with Crippen LogP contribution in [0.4, 0.5) is 5.69 Å². The van der Waals surface area contributed by atoms with Gasteiger partial charge in [-0.05, 0) is 31.2 Å². The van der Waals surface area contributed by atoms with Gasteiger partial charge in [0.15, 0.2) is 17.6 Å². The molecule has 0 radical (unpaired) electrons. The molecule has 1 heterocycles. The van der Waals surface area contributed by atoms with Gasteiger partial charge in [0.05, 0.1) is 11.3 Å². The highest BCUT2D eigenvalue weighted by Crippen LogP contribution is 2.31. The molecule has 1 aliphatic rings. The summed E-state index contributed by atoms with van der Waals surface area (Å²) in [6, 6.07) is 15.5. The fraction of sp³-hybridized carbons (Fsp3) is 0.211. The van der Waals surface area contributed by atoms with Crippen LogP contribution in [0.3, 0.4) is 0 Å². The first-order valence-corrected chi connectivity index (χ1v) is 7.97. The van der Waals surface area contributed by atoms with E-state index in [0.29, 0.717) is 22.7 Å². The van der Waals surface area contributed by atoms with Crippen molar-refractivity contribution < 1.29 is 23.8 Å². The van der Waals surface area contributed by atoms with Crippen LogP contribution >= 0.6 is 0 Å². The summed E-state index contributed by atoms with van der Waals surface area (Å²) in [5.41, 5.74) is 0.675. The minimum atomic E-state index is -1.06. The largest absolute Gasteiger partial charge is 0.485 e. The van der Waals surface area contributed by atoms with Crippen molar-refractivity contribution in [2.45, 2.75) is 19.1 Å². The van der Waals surface area contributed by atoms with Crippen molar-refractivity contribution in [3.05, 3.63) is 54.1 Å². The summed E-state index contributed by atoms with van der Waals surface area (Å²) in [6.07, 6.45) is -2.01. The van der Waals surface area contributed by atoms with Crippen LogP contribution in [0.2, 0.25) is 0 Å². The van der Waals surface area contributed by atoms with Gasteiger partial charge in [-0.25, -0.2) is 4.79 Å². The molecule has 0 bridgehead atoms. The van der Waals surface area contributed by atoms with E-state index in [0.717, 1.165) is 0 Å². The van der Waals surface area contributed by atoms with Crippen molar-refractivity contribution in [3.63, 3.8) is 0 Å². The molecule has 2 aromatic rings. The average Bonchev–Trinajstić information content (AvgIpc) is 2.67. The number of fused-ring (bicyclic) bond motifs is 1. The molecule has 7 heteroatoms. The third kappa shape index (κ3) is 3.75. The number of para-hydroxylation sites is 3. The number of hydrogen-bond donors (Lipinski definition) is 1. The van der Waals surface area contributed by atoms with Crippen molar-refractivity contribution in [3.8, 4) is 17.6 Å². The highest BCUT2D eigenvalue weighted by molar-refractivity contribution is 5.96. The Bertz CT molecular complexity index is 874. The number of hydrogen-bond acceptors (Lipinski definition) is 6. The monoisotopic (exact) mass is 352 g/mol. The summed E-state index contributed by atoms with van der Waals surface area (Å²) in [7, 11) is 0. The van der Waals surface area contributed by atoms with Crippen molar-refractivity contribution in [1.82, 2.24) is 0 Å². The van der Waals surface area contributed by atoms with Crippen LogP contribution in [-0.2, 0) is 14.3 Å². The standard InChI is InChI=1S/C19H16N2O5/c1-12(18(22)21-14-7-3-2-6-13(14)10-20)25-19(23)17-11-24-15-8-4-5-9-16(15)26-17/h2-9,12,17H,11H2,1H3,(H,21,22). The smallest absolute Gasteiger partial charge is 0.351 e. The van der Waals surface area contributed by atoms with E-state index in [-0.39, 0.29) is 6.61 Å². The van der Waals surface area contributed by atoms with Crippen molar-refractivity contribution in [2.75, 3.05) is 11.9 Å². The van der Waals surface area contributed by atoms with Gasteiger partial charge in [-0.1, -0.05) is 24.3 Å². The van der Waals surface area contributed by atoms with Crippen molar-refractivity contribution in [1.29, 1.82) is 5.26 Å². The maximum absolute atomic E-state index is 12.2. The molecule has 0 spiro atoms. The quantitative estimate of drug-likeness (QED) is 0.848. The summed E-state index contributed by atoms with van der Waals surface area (Å²) in [6.45, 7) is 1.45. The van der Waals surface area contributed by atoms with Gasteiger partial charge in [-0.15, -0.1) is 0 Å². The van der Waals surface area contributed by atoms with Crippen molar-refractivity contribution >= 4 is 17.6 Å². The molecule has 0 saturated carbocycles. The van der Waals surface area contributed by atoms with Gasteiger partial charge in [0.2, 0.25) is 6.10 Å². The van der Waals surface area contributed by atoms with E-state index in [2.05, 4.69) is 5.32 Å². The second-order valence-corrected chi connectivity index (χ2v) is 5.59. The summed E-state index contributed by atoms with van der Waals surface area (Å²) in [4.78, 5) is 24.5. The molecular weight excluding hydrogens is 336 g/mol. The Hall–Kier alpha value is -3.53. The first kappa shape index (κ1) is 17.3. The molecule has 1 aliphatic heterocycles. The lowest BCUT2D eigenvalue weighted by atomic mass is 10.2. The third-order valence-corrected chi connectivity index (χ3v) is 3.74. The predicted molar refractivity (Wildman–Crippen MR) is 91.7 cm³/mol. The zero-order valence-electron chi connectivity index (χ0n) is 14.0. The molecule has 1 amide bonds. The van der Waals surface area contributed by atoms with Gasteiger partial charge >= 0.3 is 5.97 Å². The lowest BCUT2D eigenvalue weighted by molar-refractivity contribution is -0.162. The number of nitrogens with one attached hydrogen (secondary N) is 1. The molecule has 7 nitrogen and oxygen atoms in total. The molecule has 0 aliphatic carbocycles. The fourth-order valence-electron chi connectivity index (χ4n) is 2.36. The van der Waals surface area contributed by atoms with Crippen LogP contribution in [-0.4, -0.2) is 30.7 Å². The van der Waals surface area contributed by atoms with Crippen LogP contribution in [0.1, 0.15) is 12.5 Å². The first-order valence-electron chi connectivity index (χ1n) is 7.97. The molecular formula is C19H16N2O5. The number of esters is 1. The van der Waals surface area contributed by atoms with Crippen LogP contribution in [0.25, 0.3) is 0 Å². The SMILES string of the molecule is CC(OC(=O)C1COc2ccccc2O1)C(=O)Nc1ccccc1C#N. The Morgan fingerprint density at radius 3 is 2.65 bits per heavy atom. The molecule has 0 fully saturated rings. The number of nitriles is 1. The van der Waals surface area contributed by atoms with Crippen LogP contribution < -0.4 is 14.8 Å². The zero-order valence-corrected chi connectivity index (χ0v) is 14.0. The van der Waals surface area contributed by atoms with Crippen molar-refractivity contribution in [2.24, 2.45) is 0 Å². The van der Waals surface area contributed by atoms with Gasteiger partial charge < -0.3 is 19.5 Å². The van der Waals surface area contributed by atoms with Gasteiger partial charge in [0, 0.05) is 0 Å². The second-order valence-electron chi connectivity index (χ2n) is 5.59. The lowest BCUT2D eigenvalue weighted by Crippen LogP contribution is -2.41. The van der Waals surface area contributed by atoms with E-state index >= 15 is 0 Å². The number of benzene rings is 2. The summed E-state index contributed by atoms with van der Waals surface area (Å²) < 4.78 is 16.2. The molecule has 0 aromatic heterocycles. The predicted octanol–water partition coefficient (Wildman–Crippen LogP) is 2.27. The number of ether oxygens (including phenoxy) is 3. The lowest BCUT2D eigenvalue weighted by Gasteiger charge is -2.25. The Balaban J connectivity index is 1.59. The van der Waals surface area contributed by atoms with E-state index in [9.17, 15) is 9.59 Å². The topological polar surface area (TPSA) is 97.7 Å². The van der Waals surface area contributed by atoms with Gasteiger partial charge in [0.1, 0.15) is 12.7 Å². The van der Waals surface area contributed by atoms with E-state index in [1.165, 1.54) is 6.92 Å². The van der Waals surface area contributed by atoms with E-state index in [4.69, 9.17) is 19.5 Å². The Labute approximate surface area is 150 Å². The minimum Gasteiger partial charge on any atom is -0.485 e. The number of carbonyl (C=O) groups is 2. The highest BCUT2D eigenvalue weighted by atomic mass is 16.6. The summed E-state index contributed by atoms with van der Waals surface area (Å²) in [5, 5.41) is 11.6. The second kappa shape index (κ2) is 7.57. The van der Waals surface area contributed by atoms with Gasteiger partial charge in [-0.2, -0.15) is 5.26 Å². The molecule has 2 unspecified atom stereocenters. The Morgan fingerprint density at radius 1 is 1.19 bits per heavy atom. The first-order chi connectivity index (χ1) is 12.6. The molecule has 2 aromatic carbocycles. The van der Waals surface area contributed by atoms with Crippen LogP contribution in [0.5, 0.6) is 11.5 Å². The minimum absolute atomic E-state index is 0.00144. The molecule has 3 rings (SSSR count). The van der Waals surface area contributed by atoms with Crippen LogP contribution in [0.15, 0.2) is 48.5 Å².